The van der Waals surface area contributed by atoms with Crippen LogP contribution in [0.25, 0.3) is 0 Å². The molecule has 16 nitrogen and oxygen atoms in total. The zero-order chi connectivity index (χ0) is 34.3. The fraction of sp³-hybridized carbons (Fsp3) is 0.607. The van der Waals surface area contributed by atoms with Crippen molar-refractivity contribution in [3.8, 4) is 0 Å². The maximum Gasteiger partial charge on any atom is 0.519 e. The van der Waals surface area contributed by atoms with Crippen LogP contribution in [0.4, 0.5) is 9.59 Å². The SMILES string of the molecule is CC(C)(C)OC(=O)C[C@@H](Cc1cnc[nH]1)C(=O)O.CC(C)(C)OC(=O)OC(=O)OC(C)(C)C.N[C@@H](Cc1cnc[nH]1)C(=O)O. The van der Waals surface area contributed by atoms with E-state index in [1.807, 2.05) is 0 Å². The van der Waals surface area contributed by atoms with Crippen molar-refractivity contribution in [2.45, 2.75) is 104 Å². The van der Waals surface area contributed by atoms with Gasteiger partial charge in [-0.25, -0.2) is 19.6 Å². The Morgan fingerprint density at radius 1 is 0.727 bits per heavy atom. The Labute approximate surface area is 256 Å². The maximum atomic E-state index is 11.6. The van der Waals surface area contributed by atoms with Gasteiger partial charge in [-0.15, -0.1) is 0 Å². The zero-order valence-corrected chi connectivity index (χ0v) is 26.6. The second-order valence-corrected chi connectivity index (χ2v) is 12.4. The van der Waals surface area contributed by atoms with Crippen molar-refractivity contribution >= 4 is 30.2 Å². The predicted molar refractivity (Wildman–Crippen MR) is 155 cm³/mol. The third kappa shape index (κ3) is 21.3. The minimum absolute atomic E-state index is 0.147. The first kappa shape index (κ1) is 39.5. The molecule has 0 saturated heterocycles. The summed E-state index contributed by atoms with van der Waals surface area (Å²) in [6, 6.07) is -0.851. The highest BCUT2D eigenvalue weighted by Crippen LogP contribution is 2.16. The standard InChI is InChI=1S/C12H18N2O4.C10H18O5.C6H9N3O2/c1-12(2,3)18-10(15)5-8(11(16)17)4-9-6-13-7-14-9;1-9(2,3)14-7(11)13-8(12)15-10(4,5)6;7-5(6(10)11)1-4-2-8-3-9-4/h6-8H,4-5H2,1-3H3,(H,13,14)(H,16,17);1-6H3;2-3,5H,1,7H2,(H,8,9)(H,10,11)/t8-;;5-/m1.0/s1. The van der Waals surface area contributed by atoms with Crippen molar-refractivity contribution in [3.05, 3.63) is 36.4 Å². The number of nitrogens with two attached hydrogens (primary N) is 1. The molecule has 248 valence electrons. The summed E-state index contributed by atoms with van der Waals surface area (Å²) in [6.07, 6.45) is 4.32. The molecule has 6 N–H and O–H groups in total. The number of aromatic nitrogens is 4. The van der Waals surface area contributed by atoms with Crippen molar-refractivity contribution in [2.24, 2.45) is 11.7 Å². The fourth-order valence-electron chi connectivity index (χ4n) is 2.82. The molecule has 0 aliphatic rings. The molecule has 0 aliphatic carbocycles. The molecule has 0 aromatic carbocycles. The van der Waals surface area contributed by atoms with Crippen molar-refractivity contribution in [3.63, 3.8) is 0 Å². The number of carbonyl (C=O) groups excluding carboxylic acids is 3. The molecule has 0 spiro atoms. The summed E-state index contributed by atoms with van der Waals surface area (Å²) in [5.74, 6) is -3.33. The molecule has 0 saturated carbocycles. The number of rotatable bonds is 8. The molecule has 0 bridgehead atoms. The number of ether oxygens (including phenoxy) is 4. The summed E-state index contributed by atoms with van der Waals surface area (Å²) in [7, 11) is 0. The summed E-state index contributed by atoms with van der Waals surface area (Å²) in [5, 5.41) is 17.5. The Morgan fingerprint density at radius 2 is 1.14 bits per heavy atom. The number of imidazole rings is 2. The van der Waals surface area contributed by atoms with Crippen LogP contribution < -0.4 is 5.73 Å². The Morgan fingerprint density at radius 3 is 1.45 bits per heavy atom. The Bertz CT molecular complexity index is 1150. The highest BCUT2D eigenvalue weighted by atomic mass is 16.8. The second-order valence-electron chi connectivity index (χ2n) is 12.4. The molecule has 2 aromatic heterocycles. The van der Waals surface area contributed by atoms with E-state index in [1.54, 1.807) is 74.7 Å². The molecule has 0 amide bonds. The quantitative estimate of drug-likeness (QED) is 0.159. The number of aromatic amines is 2. The number of hydrogen-bond donors (Lipinski definition) is 5. The largest absolute Gasteiger partial charge is 0.519 e. The Kier molecular flexibility index (Phi) is 15.8. The number of hydrogen-bond acceptors (Lipinski definition) is 12. The van der Waals surface area contributed by atoms with E-state index >= 15 is 0 Å². The first-order valence-corrected chi connectivity index (χ1v) is 13.5. The van der Waals surface area contributed by atoms with E-state index < -0.39 is 59.0 Å². The summed E-state index contributed by atoms with van der Waals surface area (Å²) in [6.45, 7) is 15.3. The van der Waals surface area contributed by atoms with Gasteiger partial charge in [0.25, 0.3) is 0 Å². The number of carbonyl (C=O) groups is 5. The van der Waals surface area contributed by atoms with Crippen LogP contribution >= 0.6 is 0 Å². The lowest BCUT2D eigenvalue weighted by molar-refractivity contribution is -0.159. The molecule has 0 fully saturated rings. The molecule has 2 aromatic rings. The van der Waals surface area contributed by atoms with Crippen molar-refractivity contribution in [2.75, 3.05) is 0 Å². The van der Waals surface area contributed by atoms with E-state index in [0.717, 1.165) is 5.69 Å². The lowest BCUT2D eigenvalue weighted by Gasteiger charge is -2.20. The third-order valence-electron chi connectivity index (χ3n) is 4.46. The molecule has 44 heavy (non-hydrogen) atoms. The van der Waals surface area contributed by atoms with Crippen molar-refractivity contribution < 1.29 is 53.1 Å². The summed E-state index contributed by atoms with van der Waals surface area (Å²) < 4.78 is 18.9. The molecular weight excluding hydrogens is 582 g/mol. The van der Waals surface area contributed by atoms with Crippen molar-refractivity contribution in [1.29, 1.82) is 0 Å². The van der Waals surface area contributed by atoms with Gasteiger partial charge in [0.1, 0.15) is 22.8 Å². The molecule has 0 radical (unpaired) electrons. The summed E-state index contributed by atoms with van der Waals surface area (Å²) in [4.78, 5) is 68.1. The average Bonchev–Trinajstić information content (AvgIpc) is 3.49. The minimum atomic E-state index is -1.06. The van der Waals surface area contributed by atoms with Gasteiger partial charge in [0.05, 0.1) is 25.0 Å². The van der Waals surface area contributed by atoms with E-state index in [0.29, 0.717) is 5.69 Å². The van der Waals surface area contributed by atoms with Gasteiger partial charge in [-0.05, 0) is 62.3 Å². The van der Waals surface area contributed by atoms with Gasteiger partial charge in [-0.3, -0.25) is 14.4 Å². The zero-order valence-electron chi connectivity index (χ0n) is 26.6. The van der Waals surface area contributed by atoms with Crippen LogP contribution in [0.5, 0.6) is 0 Å². The predicted octanol–water partition coefficient (Wildman–Crippen LogP) is 3.62. The van der Waals surface area contributed by atoms with E-state index in [1.165, 1.54) is 12.7 Å². The highest BCUT2D eigenvalue weighted by Gasteiger charge is 2.26. The van der Waals surface area contributed by atoms with Crippen LogP contribution in [-0.2, 0) is 46.2 Å². The lowest BCUT2D eigenvalue weighted by atomic mass is 10.00. The van der Waals surface area contributed by atoms with Gasteiger partial charge >= 0.3 is 30.2 Å². The second kappa shape index (κ2) is 17.6. The minimum Gasteiger partial charge on any atom is -0.481 e. The molecule has 2 heterocycles. The van der Waals surface area contributed by atoms with Gasteiger partial charge in [0, 0.05) is 36.6 Å². The van der Waals surface area contributed by atoms with E-state index in [9.17, 15) is 24.0 Å². The van der Waals surface area contributed by atoms with Crippen molar-refractivity contribution in [1.82, 2.24) is 19.9 Å². The normalized spacial score (nSPS) is 12.6. The number of H-pyrrole nitrogens is 2. The lowest BCUT2D eigenvalue weighted by Crippen LogP contribution is -2.32. The monoisotopic (exact) mass is 627 g/mol. The summed E-state index contributed by atoms with van der Waals surface area (Å²) in [5.41, 5.74) is 4.69. The number of aliphatic carboxylic acids is 2. The van der Waals surface area contributed by atoms with E-state index in [-0.39, 0.29) is 19.3 Å². The van der Waals surface area contributed by atoms with Crippen LogP contribution in [0.1, 0.15) is 80.1 Å². The molecule has 0 aliphatic heterocycles. The summed E-state index contributed by atoms with van der Waals surface area (Å²) >= 11 is 0. The fourth-order valence-corrected chi connectivity index (χ4v) is 2.82. The Hall–Kier alpha value is -4.47. The number of carboxylic acids is 2. The van der Waals surface area contributed by atoms with Crippen LogP contribution in [0, 0.1) is 5.92 Å². The van der Waals surface area contributed by atoms with E-state index in [4.69, 9.17) is 30.2 Å². The maximum absolute atomic E-state index is 11.6. The molecular formula is C28H45N5O11. The van der Waals surface area contributed by atoms with Crippen LogP contribution in [0.2, 0.25) is 0 Å². The van der Waals surface area contributed by atoms with Crippen LogP contribution in [-0.4, -0.2) is 83.2 Å². The number of carboxylic acid groups (broad SMARTS) is 2. The van der Waals surface area contributed by atoms with Crippen LogP contribution in [0.3, 0.4) is 0 Å². The molecule has 2 atom stereocenters. The average molecular weight is 628 g/mol. The molecule has 0 unspecified atom stereocenters. The topological polar surface area (TPSA) is 246 Å². The number of nitrogens with one attached hydrogen (secondary N) is 2. The van der Waals surface area contributed by atoms with E-state index in [2.05, 4.69) is 24.7 Å². The number of nitrogens with zero attached hydrogens (tertiary/aromatic N) is 2. The molecule has 16 heteroatoms. The Balaban J connectivity index is 0.000000649. The van der Waals surface area contributed by atoms with Gasteiger partial charge < -0.3 is 44.9 Å². The van der Waals surface area contributed by atoms with Gasteiger partial charge in [-0.1, -0.05) is 0 Å². The van der Waals surface area contributed by atoms with Gasteiger partial charge in [-0.2, -0.15) is 0 Å². The highest BCUT2D eigenvalue weighted by molar-refractivity contribution is 5.79. The third-order valence-corrected chi connectivity index (χ3v) is 4.46. The first-order valence-electron chi connectivity index (χ1n) is 13.5. The van der Waals surface area contributed by atoms with Gasteiger partial charge in [0.15, 0.2) is 0 Å². The van der Waals surface area contributed by atoms with Crippen LogP contribution in [0.15, 0.2) is 25.0 Å². The molecule has 2 rings (SSSR count). The first-order chi connectivity index (χ1) is 20.0. The van der Waals surface area contributed by atoms with Gasteiger partial charge in [0.2, 0.25) is 0 Å². The number of esters is 1. The smallest absolute Gasteiger partial charge is 0.481 e.